The van der Waals surface area contributed by atoms with Gasteiger partial charge in [0.2, 0.25) is 0 Å². The summed E-state index contributed by atoms with van der Waals surface area (Å²) < 4.78 is 11.1. The summed E-state index contributed by atoms with van der Waals surface area (Å²) in [4.78, 5) is 26.8. The van der Waals surface area contributed by atoms with Gasteiger partial charge in [-0.3, -0.25) is 4.79 Å². The maximum Gasteiger partial charge on any atom is 0.340 e. The summed E-state index contributed by atoms with van der Waals surface area (Å²) in [6, 6.07) is 12.8. The lowest BCUT2D eigenvalue weighted by atomic mass is 10.2. The molecule has 130 valence electrons. The molecule has 1 amide bonds. The highest BCUT2D eigenvalue weighted by Gasteiger charge is 2.30. The van der Waals surface area contributed by atoms with E-state index in [0.29, 0.717) is 22.3 Å². The highest BCUT2D eigenvalue weighted by atomic mass is 79.9. The van der Waals surface area contributed by atoms with Gasteiger partial charge in [0.1, 0.15) is 5.75 Å². The van der Waals surface area contributed by atoms with E-state index in [-0.39, 0.29) is 5.91 Å². The van der Waals surface area contributed by atoms with Crippen molar-refractivity contribution in [3.8, 4) is 5.75 Å². The highest BCUT2D eigenvalue weighted by Crippen LogP contribution is 2.29. The number of hydrogen-bond acceptors (Lipinski definition) is 4. The first-order valence-corrected chi connectivity index (χ1v) is 8.74. The number of carbonyl (C=O) groups is 2. The van der Waals surface area contributed by atoms with Crippen molar-refractivity contribution in [1.29, 1.82) is 0 Å². The van der Waals surface area contributed by atoms with Crippen LogP contribution in [0.15, 0.2) is 46.9 Å². The molecule has 6 heteroatoms. The van der Waals surface area contributed by atoms with Crippen LogP contribution in [0.4, 0.5) is 5.69 Å². The Morgan fingerprint density at radius 1 is 1.20 bits per heavy atom. The number of esters is 1. The molecular formula is C19H18BrNO4. The van der Waals surface area contributed by atoms with Crippen LogP contribution < -0.4 is 9.64 Å². The third-order valence-electron chi connectivity index (χ3n) is 4.18. The zero-order valence-electron chi connectivity index (χ0n) is 14.0. The topological polar surface area (TPSA) is 55.8 Å². The maximum atomic E-state index is 12.7. The van der Waals surface area contributed by atoms with Gasteiger partial charge >= 0.3 is 5.97 Å². The van der Waals surface area contributed by atoms with Gasteiger partial charge in [-0.05, 0) is 59.1 Å². The minimum absolute atomic E-state index is 0.225. The van der Waals surface area contributed by atoms with Crippen molar-refractivity contribution < 1.29 is 19.1 Å². The summed E-state index contributed by atoms with van der Waals surface area (Å²) in [5.41, 5.74) is 2.34. The summed E-state index contributed by atoms with van der Waals surface area (Å²) in [6.07, 6.45) is -0.0685. The maximum absolute atomic E-state index is 12.7. The van der Waals surface area contributed by atoms with Crippen LogP contribution in [-0.4, -0.2) is 31.6 Å². The van der Waals surface area contributed by atoms with Gasteiger partial charge in [0.25, 0.3) is 5.91 Å². The predicted octanol–water partition coefficient (Wildman–Crippen LogP) is 3.59. The Kier molecular flexibility index (Phi) is 5.08. The number of methoxy groups -OCH3 is 1. The average molecular weight is 404 g/mol. The molecule has 1 atom stereocenters. The molecule has 2 aromatic carbocycles. The first kappa shape index (κ1) is 17.5. The Labute approximate surface area is 154 Å². The van der Waals surface area contributed by atoms with Crippen LogP contribution in [0.1, 0.15) is 22.8 Å². The normalized spacial score (nSPS) is 14.0. The molecule has 0 radical (unpaired) electrons. The Bertz CT molecular complexity index is 821. The molecule has 0 aliphatic carbocycles. The van der Waals surface area contributed by atoms with Crippen LogP contribution in [0.3, 0.4) is 0 Å². The molecule has 5 nitrogen and oxygen atoms in total. The molecule has 0 spiro atoms. The monoisotopic (exact) mass is 403 g/mol. The molecule has 0 saturated heterocycles. The molecule has 0 N–H and O–H groups in total. The van der Waals surface area contributed by atoms with Gasteiger partial charge in [-0.15, -0.1) is 0 Å². The van der Waals surface area contributed by atoms with Gasteiger partial charge in [-0.25, -0.2) is 4.79 Å². The third kappa shape index (κ3) is 3.54. The molecule has 25 heavy (non-hydrogen) atoms. The van der Waals surface area contributed by atoms with E-state index in [2.05, 4.69) is 15.9 Å². The van der Waals surface area contributed by atoms with Gasteiger partial charge < -0.3 is 14.4 Å². The van der Waals surface area contributed by atoms with Crippen molar-refractivity contribution in [2.24, 2.45) is 0 Å². The van der Waals surface area contributed by atoms with E-state index in [0.717, 1.165) is 17.7 Å². The largest absolute Gasteiger partial charge is 0.497 e. The summed E-state index contributed by atoms with van der Waals surface area (Å²) in [5.74, 6) is -0.251. The number of fused-ring (bicyclic) bond motifs is 1. The van der Waals surface area contributed by atoms with Crippen LogP contribution in [0, 0.1) is 0 Å². The number of para-hydroxylation sites is 1. The van der Waals surface area contributed by atoms with Gasteiger partial charge in [0, 0.05) is 16.7 Å². The quantitative estimate of drug-likeness (QED) is 0.731. The minimum atomic E-state index is -0.878. The van der Waals surface area contributed by atoms with E-state index in [1.807, 2.05) is 24.3 Å². The summed E-state index contributed by atoms with van der Waals surface area (Å²) in [6.45, 7) is 2.19. The second-order valence-corrected chi connectivity index (χ2v) is 6.62. The summed E-state index contributed by atoms with van der Waals surface area (Å²) >= 11 is 3.32. The molecule has 0 fully saturated rings. The molecule has 2 aromatic rings. The van der Waals surface area contributed by atoms with E-state index in [9.17, 15) is 9.59 Å². The lowest BCUT2D eigenvalue weighted by Gasteiger charge is -2.22. The molecule has 0 aromatic heterocycles. The fourth-order valence-electron chi connectivity index (χ4n) is 2.85. The van der Waals surface area contributed by atoms with Crippen LogP contribution in [0.2, 0.25) is 0 Å². The Morgan fingerprint density at radius 3 is 2.72 bits per heavy atom. The SMILES string of the molecule is COc1ccc(Br)c(C(=O)O[C@H](C)C(=O)N2CCc3ccccc32)c1. The number of amides is 1. The number of benzene rings is 2. The predicted molar refractivity (Wildman–Crippen MR) is 98.1 cm³/mol. The smallest absolute Gasteiger partial charge is 0.340 e. The van der Waals surface area contributed by atoms with Crippen molar-refractivity contribution in [1.82, 2.24) is 0 Å². The second kappa shape index (κ2) is 7.27. The molecule has 1 aliphatic rings. The fourth-order valence-corrected chi connectivity index (χ4v) is 3.26. The number of anilines is 1. The van der Waals surface area contributed by atoms with E-state index in [1.54, 1.807) is 30.0 Å². The number of carbonyl (C=O) groups excluding carboxylic acids is 2. The first-order valence-electron chi connectivity index (χ1n) is 7.95. The average Bonchev–Trinajstić information content (AvgIpc) is 3.05. The Balaban J connectivity index is 1.73. The van der Waals surface area contributed by atoms with E-state index in [4.69, 9.17) is 9.47 Å². The number of rotatable bonds is 4. The molecule has 0 saturated carbocycles. The van der Waals surface area contributed by atoms with Gasteiger partial charge in [-0.2, -0.15) is 0 Å². The van der Waals surface area contributed by atoms with E-state index < -0.39 is 12.1 Å². The van der Waals surface area contributed by atoms with Crippen LogP contribution in [0.25, 0.3) is 0 Å². The van der Waals surface area contributed by atoms with Crippen molar-refractivity contribution in [2.75, 3.05) is 18.6 Å². The molecule has 1 heterocycles. The molecule has 1 aliphatic heterocycles. The van der Waals surface area contributed by atoms with E-state index >= 15 is 0 Å². The number of nitrogens with zero attached hydrogens (tertiary/aromatic N) is 1. The zero-order valence-corrected chi connectivity index (χ0v) is 15.6. The standard InChI is InChI=1S/C19H18BrNO4/c1-12(18(22)21-10-9-13-5-3-4-6-17(13)21)25-19(23)15-11-14(24-2)7-8-16(15)20/h3-8,11-12H,9-10H2,1-2H3/t12-/m1/s1. The van der Waals surface area contributed by atoms with Crippen molar-refractivity contribution in [2.45, 2.75) is 19.4 Å². The Hall–Kier alpha value is -2.34. The Morgan fingerprint density at radius 2 is 1.96 bits per heavy atom. The van der Waals surface area contributed by atoms with Crippen molar-refractivity contribution in [3.63, 3.8) is 0 Å². The summed E-state index contributed by atoms with van der Waals surface area (Å²) in [5, 5.41) is 0. The lowest BCUT2D eigenvalue weighted by molar-refractivity contribution is -0.126. The van der Waals surface area contributed by atoms with Crippen molar-refractivity contribution >= 4 is 33.5 Å². The third-order valence-corrected chi connectivity index (χ3v) is 4.87. The second-order valence-electron chi connectivity index (χ2n) is 5.76. The van der Waals surface area contributed by atoms with Gasteiger partial charge in [0.05, 0.1) is 12.7 Å². The van der Waals surface area contributed by atoms with E-state index in [1.165, 1.54) is 7.11 Å². The molecule has 0 unspecified atom stereocenters. The molecule has 3 rings (SSSR count). The lowest BCUT2D eigenvalue weighted by Crippen LogP contribution is -2.39. The zero-order chi connectivity index (χ0) is 18.0. The van der Waals surface area contributed by atoms with Gasteiger partial charge in [0.15, 0.2) is 6.10 Å². The number of halogens is 1. The van der Waals surface area contributed by atoms with Crippen LogP contribution in [0.5, 0.6) is 5.75 Å². The molecular weight excluding hydrogens is 386 g/mol. The van der Waals surface area contributed by atoms with Crippen LogP contribution in [-0.2, 0) is 16.0 Å². The summed E-state index contributed by atoms with van der Waals surface area (Å²) in [7, 11) is 1.52. The molecule has 0 bridgehead atoms. The number of hydrogen-bond donors (Lipinski definition) is 0. The van der Waals surface area contributed by atoms with Gasteiger partial charge in [-0.1, -0.05) is 18.2 Å². The fraction of sp³-hybridized carbons (Fsp3) is 0.263. The minimum Gasteiger partial charge on any atom is -0.497 e. The number of ether oxygens (including phenoxy) is 2. The van der Waals surface area contributed by atoms with Crippen molar-refractivity contribution in [3.05, 3.63) is 58.1 Å². The first-order chi connectivity index (χ1) is 12.0. The highest BCUT2D eigenvalue weighted by molar-refractivity contribution is 9.10. The van der Waals surface area contributed by atoms with Crippen LogP contribution >= 0.6 is 15.9 Å².